The van der Waals surface area contributed by atoms with Gasteiger partial charge in [-0.25, -0.2) is 0 Å². The zero-order valence-corrected chi connectivity index (χ0v) is 14.0. The number of allylic oxidation sites excluding steroid dienone is 1. The van der Waals surface area contributed by atoms with Crippen LogP contribution in [-0.2, 0) is 13.5 Å². The lowest BCUT2D eigenvalue weighted by Gasteiger charge is -2.25. The number of aryl methyl sites for hydroxylation is 1. The highest BCUT2D eigenvalue weighted by atomic mass is 32.1. The second kappa shape index (κ2) is 7.40. The lowest BCUT2D eigenvalue weighted by molar-refractivity contribution is -0.640. The molecule has 0 atom stereocenters. The largest absolute Gasteiger partial charge is 0.395 e. The van der Waals surface area contributed by atoms with E-state index in [1.54, 1.807) is 11.3 Å². The van der Waals surface area contributed by atoms with Crippen molar-refractivity contribution in [2.24, 2.45) is 7.05 Å². The Morgan fingerprint density at radius 3 is 2.74 bits per heavy atom. The van der Waals surface area contributed by atoms with Crippen molar-refractivity contribution >= 4 is 27.2 Å². The molecule has 0 radical (unpaired) electrons. The monoisotopic (exact) mass is 325 g/mol. The van der Waals surface area contributed by atoms with Crippen LogP contribution in [0.1, 0.15) is 5.56 Å². The van der Waals surface area contributed by atoms with Crippen molar-refractivity contribution in [1.82, 2.24) is 0 Å². The molecule has 23 heavy (non-hydrogen) atoms. The molecule has 1 N–H and O–H groups in total. The van der Waals surface area contributed by atoms with Crippen LogP contribution in [0.3, 0.4) is 0 Å². The van der Waals surface area contributed by atoms with Crippen molar-refractivity contribution in [3.05, 3.63) is 71.9 Å². The quantitative estimate of drug-likeness (QED) is 0.732. The number of anilines is 1. The average molecular weight is 325 g/mol. The van der Waals surface area contributed by atoms with Crippen molar-refractivity contribution in [2.75, 3.05) is 18.1 Å². The van der Waals surface area contributed by atoms with Crippen LogP contribution in [0.15, 0.2) is 66.3 Å². The lowest BCUT2D eigenvalue weighted by atomic mass is 10.1. The van der Waals surface area contributed by atoms with Gasteiger partial charge in [0.2, 0.25) is 11.0 Å². The fourth-order valence-electron chi connectivity index (χ4n) is 2.69. The number of rotatable bonds is 2. The number of benzene rings is 2. The molecule has 0 saturated carbocycles. The molecule has 0 aliphatic carbocycles. The molecule has 3 aromatic rings. The molecule has 0 spiro atoms. The summed E-state index contributed by atoms with van der Waals surface area (Å²) in [5.41, 5.74) is 5.98. The summed E-state index contributed by atoms with van der Waals surface area (Å²) in [5.74, 6) is 0. The van der Waals surface area contributed by atoms with Gasteiger partial charge in [-0.3, -0.25) is 0 Å². The maximum atomic E-state index is 8.87. The zero-order valence-electron chi connectivity index (χ0n) is 13.2. The summed E-state index contributed by atoms with van der Waals surface area (Å²) in [4.78, 5) is 2.08. The van der Waals surface area contributed by atoms with Gasteiger partial charge in [-0.05, 0) is 24.1 Å². The number of hydrogen-bond acceptors (Lipinski definition) is 3. The van der Waals surface area contributed by atoms with E-state index in [0.717, 1.165) is 6.42 Å². The van der Waals surface area contributed by atoms with E-state index in [1.165, 1.54) is 21.5 Å². The van der Waals surface area contributed by atoms with Crippen LogP contribution in [0.4, 0.5) is 5.69 Å². The molecule has 0 amide bonds. The van der Waals surface area contributed by atoms with Gasteiger partial charge in [0.05, 0.1) is 6.61 Å². The summed E-state index contributed by atoms with van der Waals surface area (Å²) in [6.45, 7) is 0.867. The molecule has 4 rings (SSSR count). The lowest BCUT2D eigenvalue weighted by Crippen LogP contribution is -2.24. The Kier molecular flexibility index (Phi) is 5.05. The highest BCUT2D eigenvalue weighted by Gasteiger charge is 2.10. The Labute approximate surface area is 140 Å². The smallest absolute Gasteiger partial charge is 0.225 e. The molecule has 3 nitrogen and oxygen atoms in total. The van der Waals surface area contributed by atoms with E-state index in [2.05, 4.69) is 70.6 Å². The van der Waals surface area contributed by atoms with Gasteiger partial charge in [0.1, 0.15) is 11.7 Å². The third kappa shape index (κ3) is 3.60. The van der Waals surface area contributed by atoms with Crippen molar-refractivity contribution < 1.29 is 9.67 Å². The molecule has 1 aliphatic rings. The number of nitrogens with zero attached hydrogens (tertiary/aromatic N) is 2. The van der Waals surface area contributed by atoms with Crippen LogP contribution in [0.25, 0.3) is 10.2 Å². The van der Waals surface area contributed by atoms with Gasteiger partial charge in [-0.15, -0.1) is 0 Å². The van der Waals surface area contributed by atoms with Gasteiger partial charge in [0, 0.05) is 24.5 Å². The fraction of sp³-hybridized carbons (Fsp3) is 0.211. The fourth-order valence-corrected chi connectivity index (χ4v) is 3.57. The molecule has 0 fully saturated rings. The summed E-state index contributed by atoms with van der Waals surface area (Å²) < 4.78 is 3.49. The molecule has 2 aromatic carbocycles. The normalized spacial score (nSPS) is 12.7. The molecular formula is C19H21N2OS+. The summed E-state index contributed by atoms with van der Waals surface area (Å²) in [6.07, 6.45) is 5.16. The third-order valence-corrected chi connectivity index (χ3v) is 4.87. The maximum absolute atomic E-state index is 8.87. The maximum Gasteiger partial charge on any atom is 0.225 e. The van der Waals surface area contributed by atoms with E-state index in [9.17, 15) is 0 Å². The van der Waals surface area contributed by atoms with Crippen LogP contribution in [0, 0.1) is 0 Å². The Hall–Kier alpha value is -2.17. The number of aliphatic hydroxyl groups excluding tert-OH is 1. The zero-order chi connectivity index (χ0) is 16.1. The Morgan fingerprint density at radius 1 is 1.13 bits per heavy atom. The SMILES string of the molecule is C[n+]1csc2ccccc21.OCCN1C=CCc2ccccc21. The minimum Gasteiger partial charge on any atom is -0.395 e. The molecule has 0 unspecified atom stereocenters. The highest BCUT2D eigenvalue weighted by Crippen LogP contribution is 2.24. The Bertz CT molecular complexity index is 810. The first-order chi connectivity index (χ1) is 11.3. The molecule has 118 valence electrons. The van der Waals surface area contributed by atoms with Gasteiger partial charge in [0.25, 0.3) is 0 Å². The van der Waals surface area contributed by atoms with Gasteiger partial charge >= 0.3 is 0 Å². The van der Waals surface area contributed by atoms with Crippen LogP contribution in [0.5, 0.6) is 0 Å². The summed E-state index contributed by atoms with van der Waals surface area (Å²) in [6, 6.07) is 16.7. The number of aromatic nitrogens is 1. The summed E-state index contributed by atoms with van der Waals surface area (Å²) in [5, 5.41) is 8.87. The number of hydrogen-bond donors (Lipinski definition) is 1. The Balaban J connectivity index is 0.000000140. The van der Waals surface area contributed by atoms with E-state index in [-0.39, 0.29) is 6.61 Å². The minimum atomic E-state index is 0.193. The Morgan fingerprint density at radius 2 is 1.91 bits per heavy atom. The third-order valence-electron chi connectivity index (χ3n) is 3.85. The minimum absolute atomic E-state index is 0.193. The van der Waals surface area contributed by atoms with Gasteiger partial charge in [-0.1, -0.05) is 47.7 Å². The highest BCUT2D eigenvalue weighted by molar-refractivity contribution is 7.16. The first kappa shape index (κ1) is 15.7. The summed E-state index contributed by atoms with van der Waals surface area (Å²) in [7, 11) is 2.07. The van der Waals surface area contributed by atoms with Crippen LogP contribution < -0.4 is 9.47 Å². The molecule has 0 saturated heterocycles. The first-order valence-electron chi connectivity index (χ1n) is 7.73. The average Bonchev–Trinajstić information content (AvgIpc) is 2.98. The van der Waals surface area contributed by atoms with Gasteiger partial charge in [-0.2, -0.15) is 4.57 Å². The predicted octanol–water partition coefficient (Wildman–Crippen LogP) is 3.28. The topological polar surface area (TPSA) is 27.4 Å². The van der Waals surface area contributed by atoms with Crippen molar-refractivity contribution in [2.45, 2.75) is 6.42 Å². The molecule has 4 heteroatoms. The molecule has 0 bridgehead atoms. The summed E-state index contributed by atoms with van der Waals surface area (Å²) >= 11 is 1.78. The molecule has 1 aromatic heterocycles. The number of β-amino-alcohol motifs (C(OH)–C–C–N with tert-alkyl or cyclic N) is 1. The van der Waals surface area contributed by atoms with Crippen molar-refractivity contribution in [3.8, 4) is 0 Å². The van der Waals surface area contributed by atoms with Gasteiger partial charge < -0.3 is 10.0 Å². The molecule has 2 heterocycles. The van der Waals surface area contributed by atoms with E-state index in [1.807, 2.05) is 12.3 Å². The van der Waals surface area contributed by atoms with E-state index >= 15 is 0 Å². The van der Waals surface area contributed by atoms with E-state index < -0.39 is 0 Å². The molecular weight excluding hydrogens is 304 g/mol. The van der Waals surface area contributed by atoms with E-state index in [4.69, 9.17) is 5.11 Å². The van der Waals surface area contributed by atoms with E-state index in [0.29, 0.717) is 6.54 Å². The molecule has 1 aliphatic heterocycles. The second-order valence-electron chi connectivity index (χ2n) is 5.44. The number of para-hydroxylation sites is 2. The predicted molar refractivity (Wildman–Crippen MR) is 96.7 cm³/mol. The number of aliphatic hydroxyl groups is 1. The van der Waals surface area contributed by atoms with Crippen molar-refractivity contribution in [1.29, 1.82) is 0 Å². The first-order valence-corrected chi connectivity index (χ1v) is 8.61. The van der Waals surface area contributed by atoms with Crippen LogP contribution in [-0.4, -0.2) is 18.3 Å². The van der Waals surface area contributed by atoms with Crippen LogP contribution in [0.2, 0.25) is 0 Å². The standard InChI is InChI=1S/C11H13NO.C8H8NS/c13-9-8-12-7-3-5-10-4-1-2-6-11(10)12;1-9-6-10-8-5-3-2-4-7(8)9/h1-4,6-7,13H,5,8-9H2;2-6H,1H3/q;+1. The number of thiazole rings is 1. The number of fused-ring (bicyclic) bond motifs is 2. The second-order valence-corrected chi connectivity index (χ2v) is 6.32. The van der Waals surface area contributed by atoms with Crippen molar-refractivity contribution in [3.63, 3.8) is 0 Å². The van der Waals surface area contributed by atoms with Gasteiger partial charge in [0.15, 0.2) is 0 Å². The van der Waals surface area contributed by atoms with Crippen LogP contribution >= 0.6 is 11.3 Å².